The van der Waals surface area contributed by atoms with Crippen LogP contribution in [0.25, 0.3) is 0 Å². The first kappa shape index (κ1) is 56.8. The number of aliphatic hydroxyl groups is 2. The summed E-state index contributed by atoms with van der Waals surface area (Å²) in [5.74, 6) is 3.29. The number of aliphatic hydroxyl groups excluding tert-OH is 2. The van der Waals surface area contributed by atoms with E-state index in [2.05, 4.69) is 37.0 Å². The number of hydrogen-bond acceptors (Lipinski definition) is 15. The van der Waals surface area contributed by atoms with E-state index in [0.717, 1.165) is 28.3 Å². The van der Waals surface area contributed by atoms with Crippen molar-refractivity contribution in [1.29, 1.82) is 0 Å². The van der Waals surface area contributed by atoms with Gasteiger partial charge in [-0.25, -0.2) is 10.9 Å². The fourth-order valence-electron chi connectivity index (χ4n) is 6.59. The minimum atomic E-state index is -0.583. The molecule has 0 radical (unpaired) electrons. The topological polar surface area (TPSA) is 232 Å². The van der Waals surface area contributed by atoms with Gasteiger partial charge in [0, 0.05) is 63.8 Å². The first-order valence-corrected chi connectivity index (χ1v) is 24.8. The number of hydrazone groups is 2. The Morgan fingerprint density at radius 2 is 1.00 bits per heavy atom. The summed E-state index contributed by atoms with van der Waals surface area (Å²) < 4.78 is 34.0. The van der Waals surface area contributed by atoms with Gasteiger partial charge in [0.25, 0.3) is 5.91 Å². The molecule has 0 saturated carbocycles. The predicted molar refractivity (Wildman–Crippen MR) is 277 cm³/mol. The molecule has 0 unspecified atom stereocenters. The molecule has 3 amide bonds. The van der Waals surface area contributed by atoms with Crippen molar-refractivity contribution in [3.05, 3.63) is 106 Å². The quantitative estimate of drug-likeness (QED) is 0.0315. The SMILES string of the molecule is CC(C)NC[C@H](O)COc1ccc(OCCCNC(=O)COc2ccc(C3=NNC(=O)CC3)cc2Cl)cc1.CC(C)NC[C@H](O)COc1ccc(OCCCOc2ccc(C3=NNC(=O)CC3)cc2Cl)cc1. The van der Waals surface area contributed by atoms with Crippen LogP contribution in [-0.4, -0.2) is 123 Å². The third-order valence-electron chi connectivity index (χ3n) is 10.5. The number of hydrogen-bond donors (Lipinski definition) is 7. The molecule has 6 rings (SSSR count). The molecular formula is C52H67Cl2N7O11. The summed E-state index contributed by atoms with van der Waals surface area (Å²) >= 11 is 12.6. The van der Waals surface area contributed by atoms with Gasteiger partial charge >= 0.3 is 0 Å². The molecule has 4 aromatic carbocycles. The zero-order chi connectivity index (χ0) is 51.7. The molecule has 20 heteroatoms. The van der Waals surface area contributed by atoms with Crippen LogP contribution in [-0.2, 0) is 14.4 Å². The Labute approximate surface area is 431 Å². The van der Waals surface area contributed by atoms with E-state index in [1.807, 2.05) is 64.1 Å². The van der Waals surface area contributed by atoms with Gasteiger partial charge in [0.05, 0.1) is 41.3 Å². The summed E-state index contributed by atoms with van der Waals surface area (Å²) in [4.78, 5) is 34.6. The van der Waals surface area contributed by atoms with Crippen molar-refractivity contribution in [2.45, 2.75) is 90.5 Å². The second-order valence-corrected chi connectivity index (χ2v) is 18.2. The number of nitrogens with zero attached hydrogens (tertiary/aromatic N) is 2. The van der Waals surface area contributed by atoms with E-state index >= 15 is 0 Å². The Kier molecular flexibility index (Phi) is 24.2. The van der Waals surface area contributed by atoms with Crippen molar-refractivity contribution in [3.8, 4) is 34.5 Å². The van der Waals surface area contributed by atoms with E-state index in [1.54, 1.807) is 48.5 Å². The van der Waals surface area contributed by atoms with Gasteiger partial charge in [-0.1, -0.05) is 50.9 Å². The average Bonchev–Trinajstić information content (AvgIpc) is 3.37. The van der Waals surface area contributed by atoms with Crippen LogP contribution < -0.4 is 55.2 Å². The molecule has 2 atom stereocenters. The van der Waals surface area contributed by atoms with Crippen LogP contribution in [0.15, 0.2) is 95.1 Å². The zero-order valence-corrected chi connectivity index (χ0v) is 42.7. The van der Waals surface area contributed by atoms with Crippen molar-refractivity contribution in [2.24, 2.45) is 10.2 Å². The fraction of sp³-hybridized carbons (Fsp3) is 0.442. The molecule has 0 aromatic heterocycles. The lowest BCUT2D eigenvalue weighted by atomic mass is 10.0. The van der Waals surface area contributed by atoms with Crippen LogP contribution in [0.1, 0.15) is 77.3 Å². The molecule has 72 heavy (non-hydrogen) atoms. The molecule has 2 aliphatic heterocycles. The van der Waals surface area contributed by atoms with E-state index < -0.39 is 12.2 Å². The highest BCUT2D eigenvalue weighted by Gasteiger charge is 2.17. The van der Waals surface area contributed by atoms with Gasteiger partial charge in [0.15, 0.2) is 6.61 Å². The number of halogens is 2. The van der Waals surface area contributed by atoms with Crippen LogP contribution in [0.2, 0.25) is 10.0 Å². The number of amides is 3. The molecule has 0 aliphatic carbocycles. The first-order valence-electron chi connectivity index (χ1n) is 24.1. The van der Waals surface area contributed by atoms with Crippen LogP contribution in [0.5, 0.6) is 34.5 Å². The third kappa shape index (κ3) is 21.3. The summed E-state index contributed by atoms with van der Waals surface area (Å²) in [6.07, 6.45) is 2.08. The second kappa shape index (κ2) is 30.7. The van der Waals surface area contributed by atoms with E-state index in [4.69, 9.17) is 51.6 Å². The number of benzene rings is 4. The smallest absolute Gasteiger partial charge is 0.257 e. The van der Waals surface area contributed by atoms with Gasteiger partial charge in [-0.05, 0) is 102 Å². The van der Waals surface area contributed by atoms with E-state index in [1.165, 1.54) is 0 Å². The van der Waals surface area contributed by atoms with Crippen LogP contribution in [0.3, 0.4) is 0 Å². The van der Waals surface area contributed by atoms with E-state index in [9.17, 15) is 24.6 Å². The minimum Gasteiger partial charge on any atom is -0.494 e. The summed E-state index contributed by atoms with van der Waals surface area (Å²) in [6.45, 7) is 11.1. The highest BCUT2D eigenvalue weighted by atomic mass is 35.5. The van der Waals surface area contributed by atoms with E-state index in [-0.39, 0.29) is 37.5 Å². The molecular weight excluding hydrogens is 970 g/mol. The van der Waals surface area contributed by atoms with Crippen LogP contribution >= 0.6 is 23.2 Å². The van der Waals surface area contributed by atoms with Crippen molar-refractivity contribution in [1.82, 2.24) is 26.8 Å². The molecule has 0 saturated heterocycles. The Hall–Kier alpha value is -6.15. The second-order valence-electron chi connectivity index (χ2n) is 17.4. The molecule has 18 nitrogen and oxygen atoms in total. The number of carbonyl (C=O) groups is 3. The highest BCUT2D eigenvalue weighted by Crippen LogP contribution is 2.28. The first-order chi connectivity index (χ1) is 34.7. The van der Waals surface area contributed by atoms with Gasteiger partial charge in [-0.2, -0.15) is 10.2 Å². The largest absolute Gasteiger partial charge is 0.494 e. The molecule has 0 spiro atoms. The maximum absolute atomic E-state index is 12.1. The summed E-state index contributed by atoms with van der Waals surface area (Å²) in [5.41, 5.74) is 8.16. The summed E-state index contributed by atoms with van der Waals surface area (Å²) in [6, 6.07) is 25.8. The molecule has 0 bridgehead atoms. The fourth-order valence-corrected chi connectivity index (χ4v) is 7.06. The molecule has 390 valence electrons. The van der Waals surface area contributed by atoms with Crippen molar-refractivity contribution in [3.63, 3.8) is 0 Å². The Morgan fingerprint density at radius 1 is 0.583 bits per heavy atom. The maximum atomic E-state index is 12.1. The molecule has 0 fully saturated rings. The van der Waals surface area contributed by atoms with Gasteiger partial charge in [0.1, 0.15) is 59.9 Å². The number of carbonyl (C=O) groups excluding carboxylic acids is 3. The van der Waals surface area contributed by atoms with Gasteiger partial charge < -0.3 is 54.6 Å². The Balaban J connectivity index is 0.000000269. The molecule has 7 N–H and O–H groups in total. The van der Waals surface area contributed by atoms with Crippen molar-refractivity contribution in [2.75, 3.05) is 59.3 Å². The normalized spacial score (nSPS) is 14.1. The van der Waals surface area contributed by atoms with Gasteiger partial charge in [-0.3, -0.25) is 14.4 Å². The summed E-state index contributed by atoms with van der Waals surface area (Å²) in [5, 5.41) is 37.9. The average molecular weight is 1040 g/mol. The third-order valence-corrected chi connectivity index (χ3v) is 11.1. The van der Waals surface area contributed by atoms with Gasteiger partial charge in [-0.15, -0.1) is 0 Å². The van der Waals surface area contributed by atoms with Crippen molar-refractivity contribution < 1.29 is 53.0 Å². The zero-order valence-electron chi connectivity index (χ0n) is 41.2. The van der Waals surface area contributed by atoms with Crippen molar-refractivity contribution >= 4 is 52.3 Å². The Morgan fingerprint density at radius 3 is 1.42 bits per heavy atom. The molecule has 2 aliphatic rings. The molecule has 2 heterocycles. The standard InChI is InChI=1S/C27H35ClN4O6.C25H32ClN3O5/c1-18(2)30-15-20(33)16-37-22-7-5-21(6-8-22)36-13-3-12-29-27(35)17-38-25-10-4-19(14-23(25)28)24-9-11-26(34)32-31-24;1-17(2)27-15-19(30)16-34-21-7-5-20(6-8-21)32-12-3-13-33-24-10-4-18(14-22(24)26)23-9-11-25(31)29-28-23/h4-8,10,14,18,20,30,33H,3,9,11-13,15-17H2,1-2H3,(H,29,35)(H,32,34);4-8,10,14,17,19,27,30H,3,9,11-13,15-16H2,1-2H3,(H,29,31)/t20-;19-/m00/s1. The number of nitrogens with one attached hydrogen (secondary N) is 5. The maximum Gasteiger partial charge on any atom is 0.257 e. The predicted octanol–water partition coefficient (Wildman–Crippen LogP) is 6.20. The lowest BCUT2D eigenvalue weighted by Gasteiger charge is -2.15. The van der Waals surface area contributed by atoms with Gasteiger partial charge in [0.2, 0.25) is 11.8 Å². The lowest BCUT2D eigenvalue weighted by Crippen LogP contribution is -2.35. The van der Waals surface area contributed by atoms with Crippen LogP contribution in [0.4, 0.5) is 0 Å². The highest BCUT2D eigenvalue weighted by molar-refractivity contribution is 6.33. The minimum absolute atomic E-state index is 0.0774. The van der Waals surface area contributed by atoms with E-state index in [0.29, 0.717) is 129 Å². The number of ether oxygens (including phenoxy) is 6. The number of rotatable bonds is 28. The Bertz CT molecular complexity index is 2390. The summed E-state index contributed by atoms with van der Waals surface area (Å²) in [7, 11) is 0. The van der Waals surface area contributed by atoms with Crippen LogP contribution in [0, 0.1) is 0 Å². The lowest BCUT2D eigenvalue weighted by molar-refractivity contribution is -0.123. The molecule has 4 aromatic rings. The monoisotopic (exact) mass is 1040 g/mol.